The summed E-state index contributed by atoms with van der Waals surface area (Å²) in [4.78, 5) is 0. The van der Waals surface area contributed by atoms with E-state index in [0.29, 0.717) is 13.0 Å². The highest BCUT2D eigenvalue weighted by Gasteiger charge is 2.33. The van der Waals surface area contributed by atoms with E-state index in [2.05, 4.69) is 9.44 Å². The number of hydrogen-bond acceptors (Lipinski definition) is 4. The second-order valence-electron chi connectivity index (χ2n) is 4.12. The third kappa shape index (κ3) is 4.43. The van der Waals surface area contributed by atoms with Gasteiger partial charge >= 0.3 is 0 Å². The Balaban J connectivity index is 2.42. The van der Waals surface area contributed by atoms with Crippen LogP contribution >= 0.6 is 0 Å². The van der Waals surface area contributed by atoms with Crippen LogP contribution in [0.25, 0.3) is 0 Å². The van der Waals surface area contributed by atoms with E-state index in [1.54, 1.807) is 13.8 Å². The average molecular weight is 238 g/mol. The fourth-order valence-corrected chi connectivity index (χ4v) is 2.48. The highest BCUT2D eigenvalue weighted by Crippen LogP contribution is 2.16. The summed E-state index contributed by atoms with van der Waals surface area (Å²) in [6.07, 6.45) is 0.456. The number of ether oxygens (including phenoxy) is 1. The molecule has 3 N–H and O–H groups in total. The van der Waals surface area contributed by atoms with Gasteiger partial charge in [0, 0.05) is 25.6 Å². The van der Waals surface area contributed by atoms with Crippen molar-refractivity contribution >= 4 is 10.2 Å². The lowest BCUT2D eigenvalue weighted by molar-refractivity contribution is 0.0314. The summed E-state index contributed by atoms with van der Waals surface area (Å²) in [5.74, 6) is 0. The molecule has 1 heterocycles. The van der Waals surface area contributed by atoms with E-state index in [9.17, 15) is 13.5 Å². The van der Waals surface area contributed by atoms with Gasteiger partial charge < -0.3 is 9.84 Å². The fourth-order valence-electron chi connectivity index (χ4n) is 1.32. The minimum Gasteiger partial charge on any atom is -0.386 e. The third-order valence-corrected chi connectivity index (χ3v) is 3.37. The van der Waals surface area contributed by atoms with E-state index in [0.717, 1.165) is 0 Å². The average Bonchev–Trinajstić information content (AvgIpc) is 2.48. The maximum Gasteiger partial charge on any atom is 0.277 e. The largest absolute Gasteiger partial charge is 0.386 e. The van der Waals surface area contributed by atoms with Gasteiger partial charge in [0.15, 0.2) is 0 Å². The van der Waals surface area contributed by atoms with Crippen LogP contribution in [0.15, 0.2) is 0 Å². The van der Waals surface area contributed by atoms with Crippen LogP contribution in [-0.4, -0.2) is 44.9 Å². The molecular weight excluding hydrogens is 220 g/mol. The Morgan fingerprint density at radius 1 is 1.53 bits per heavy atom. The first kappa shape index (κ1) is 12.9. The second kappa shape index (κ2) is 4.75. The van der Waals surface area contributed by atoms with E-state index < -0.39 is 15.8 Å². The van der Waals surface area contributed by atoms with Crippen LogP contribution in [-0.2, 0) is 14.9 Å². The Kier molecular flexibility index (Phi) is 4.07. The van der Waals surface area contributed by atoms with Crippen molar-refractivity contribution in [2.75, 3.05) is 19.8 Å². The predicted molar refractivity (Wildman–Crippen MR) is 55.6 cm³/mol. The van der Waals surface area contributed by atoms with Gasteiger partial charge in [0.05, 0.1) is 6.61 Å². The van der Waals surface area contributed by atoms with Crippen molar-refractivity contribution in [3.05, 3.63) is 0 Å². The molecule has 0 aromatic carbocycles. The summed E-state index contributed by atoms with van der Waals surface area (Å²) >= 11 is 0. The number of aliphatic hydroxyl groups is 1. The first-order chi connectivity index (χ1) is 6.83. The summed E-state index contributed by atoms with van der Waals surface area (Å²) in [5, 5.41) is 9.81. The van der Waals surface area contributed by atoms with Gasteiger partial charge in [-0.25, -0.2) is 0 Å². The Labute approximate surface area is 90.2 Å². The monoisotopic (exact) mass is 238 g/mol. The highest BCUT2D eigenvalue weighted by atomic mass is 32.2. The lowest BCUT2D eigenvalue weighted by Crippen LogP contribution is -2.48. The second-order valence-corrected chi connectivity index (χ2v) is 5.66. The van der Waals surface area contributed by atoms with E-state index in [1.165, 1.54) is 0 Å². The van der Waals surface area contributed by atoms with E-state index >= 15 is 0 Å². The Bertz CT molecular complexity index is 296. The molecule has 1 atom stereocenters. The van der Waals surface area contributed by atoms with E-state index in [-0.39, 0.29) is 19.2 Å². The third-order valence-electron chi connectivity index (χ3n) is 2.06. The zero-order valence-electron chi connectivity index (χ0n) is 8.99. The highest BCUT2D eigenvalue weighted by molar-refractivity contribution is 7.87. The van der Waals surface area contributed by atoms with Gasteiger partial charge in [-0.3, -0.25) is 0 Å². The van der Waals surface area contributed by atoms with Crippen molar-refractivity contribution in [3.63, 3.8) is 0 Å². The first-order valence-corrected chi connectivity index (χ1v) is 6.38. The van der Waals surface area contributed by atoms with Crippen molar-refractivity contribution < 1.29 is 18.3 Å². The smallest absolute Gasteiger partial charge is 0.277 e. The van der Waals surface area contributed by atoms with Crippen molar-refractivity contribution in [2.24, 2.45) is 0 Å². The topological polar surface area (TPSA) is 87.7 Å². The normalized spacial score (nSPS) is 27.5. The van der Waals surface area contributed by atoms with Gasteiger partial charge in [-0.15, -0.1) is 0 Å². The standard InChI is InChI=1S/C8H18N2O4S/c1-7(2)10-15(12,13)9-5-8(11)3-4-14-6-8/h7,9-11H,3-6H2,1-2H3. The van der Waals surface area contributed by atoms with Crippen LogP contribution in [0.3, 0.4) is 0 Å². The summed E-state index contributed by atoms with van der Waals surface area (Å²) in [5.41, 5.74) is -1.06. The molecule has 0 radical (unpaired) electrons. The van der Waals surface area contributed by atoms with Gasteiger partial charge in [0.1, 0.15) is 5.60 Å². The fraction of sp³-hybridized carbons (Fsp3) is 1.00. The number of nitrogens with one attached hydrogen (secondary N) is 2. The summed E-state index contributed by atoms with van der Waals surface area (Å²) in [7, 11) is -3.52. The van der Waals surface area contributed by atoms with Gasteiger partial charge in [-0.05, 0) is 13.8 Å². The molecule has 1 aliphatic rings. The Morgan fingerprint density at radius 2 is 2.20 bits per heavy atom. The molecule has 1 saturated heterocycles. The van der Waals surface area contributed by atoms with Gasteiger partial charge in [-0.2, -0.15) is 17.9 Å². The maximum absolute atomic E-state index is 11.4. The van der Waals surface area contributed by atoms with Crippen molar-refractivity contribution in [1.82, 2.24) is 9.44 Å². The van der Waals surface area contributed by atoms with Crippen molar-refractivity contribution in [2.45, 2.75) is 31.9 Å². The molecule has 0 amide bonds. The van der Waals surface area contributed by atoms with Gasteiger partial charge in [0.25, 0.3) is 10.2 Å². The molecule has 1 fully saturated rings. The molecule has 1 rings (SSSR count). The van der Waals surface area contributed by atoms with Crippen LogP contribution in [0.5, 0.6) is 0 Å². The molecule has 0 bridgehead atoms. The molecule has 6 nitrogen and oxygen atoms in total. The summed E-state index contributed by atoms with van der Waals surface area (Å²) in [6.45, 7) is 4.08. The number of hydrogen-bond donors (Lipinski definition) is 3. The van der Waals surface area contributed by atoms with Crippen molar-refractivity contribution in [3.8, 4) is 0 Å². The lowest BCUT2D eigenvalue weighted by atomic mass is 10.1. The zero-order valence-corrected chi connectivity index (χ0v) is 9.80. The summed E-state index contributed by atoms with van der Waals surface area (Å²) in [6, 6.07) is -0.169. The molecule has 0 aromatic rings. The molecule has 7 heteroatoms. The van der Waals surface area contributed by atoms with Crippen LogP contribution in [0.1, 0.15) is 20.3 Å². The molecule has 15 heavy (non-hydrogen) atoms. The van der Waals surface area contributed by atoms with Crippen molar-refractivity contribution in [1.29, 1.82) is 0 Å². The van der Waals surface area contributed by atoms with E-state index in [4.69, 9.17) is 4.74 Å². The minimum absolute atomic E-state index is 0.0188. The molecule has 0 spiro atoms. The summed E-state index contributed by atoms with van der Waals surface area (Å²) < 4.78 is 32.4. The Morgan fingerprint density at radius 3 is 2.67 bits per heavy atom. The molecular formula is C8H18N2O4S. The SMILES string of the molecule is CC(C)NS(=O)(=O)NCC1(O)CCOC1. The van der Waals surface area contributed by atoms with Crippen LogP contribution in [0.2, 0.25) is 0 Å². The van der Waals surface area contributed by atoms with Crippen LogP contribution < -0.4 is 9.44 Å². The molecule has 1 unspecified atom stereocenters. The molecule has 1 aliphatic heterocycles. The van der Waals surface area contributed by atoms with Crippen LogP contribution in [0.4, 0.5) is 0 Å². The van der Waals surface area contributed by atoms with Gasteiger partial charge in [0.2, 0.25) is 0 Å². The predicted octanol–water partition coefficient (Wildman–Crippen LogP) is -1.03. The number of rotatable bonds is 5. The first-order valence-electron chi connectivity index (χ1n) is 4.90. The lowest BCUT2D eigenvalue weighted by Gasteiger charge is -2.21. The minimum atomic E-state index is -3.52. The Hall–Kier alpha value is -0.210. The van der Waals surface area contributed by atoms with E-state index in [1.807, 2.05) is 0 Å². The molecule has 0 aliphatic carbocycles. The van der Waals surface area contributed by atoms with Crippen LogP contribution in [0, 0.1) is 0 Å². The molecule has 90 valence electrons. The zero-order chi connectivity index (χ0) is 11.5. The quantitative estimate of drug-likeness (QED) is 0.571. The molecule has 0 saturated carbocycles. The van der Waals surface area contributed by atoms with Gasteiger partial charge in [-0.1, -0.05) is 0 Å². The maximum atomic E-state index is 11.4. The molecule has 0 aromatic heterocycles.